The van der Waals surface area contributed by atoms with E-state index in [0.717, 1.165) is 37.7 Å². The fourth-order valence-electron chi connectivity index (χ4n) is 3.55. The number of aromatic hydroxyl groups is 1. The summed E-state index contributed by atoms with van der Waals surface area (Å²) in [6.07, 6.45) is 2.13. The number of benzene rings is 1. The molecule has 0 bridgehead atoms. The molecule has 9 nitrogen and oxygen atoms in total. The van der Waals surface area contributed by atoms with Gasteiger partial charge >= 0.3 is 0 Å². The van der Waals surface area contributed by atoms with Gasteiger partial charge in [-0.2, -0.15) is 9.61 Å². The molecular weight excluding hydrogens is 415 g/mol. The number of phenols is 1. The van der Waals surface area contributed by atoms with Crippen molar-refractivity contribution in [2.75, 3.05) is 25.5 Å². The van der Waals surface area contributed by atoms with Crippen molar-refractivity contribution in [3.63, 3.8) is 0 Å². The zero-order valence-corrected chi connectivity index (χ0v) is 17.3. The average molecular weight is 437 g/mol. The molecule has 0 saturated carbocycles. The maximum absolute atomic E-state index is 14.5. The van der Waals surface area contributed by atoms with Gasteiger partial charge in [0.15, 0.2) is 0 Å². The first kappa shape index (κ1) is 21.7. The van der Waals surface area contributed by atoms with Crippen molar-refractivity contribution in [3.8, 4) is 17.0 Å². The van der Waals surface area contributed by atoms with Crippen LogP contribution in [0.25, 0.3) is 16.8 Å². The monoisotopic (exact) mass is 436 g/mol. The van der Waals surface area contributed by atoms with E-state index in [1.165, 1.54) is 6.07 Å². The Balaban J connectivity index is 0.000000806. The number of likely N-dealkylation sites (tertiary alicyclic amines) is 1. The summed E-state index contributed by atoms with van der Waals surface area (Å²) in [5.74, 6) is -0.453. The summed E-state index contributed by atoms with van der Waals surface area (Å²) in [5.41, 5.74) is 1.48. The number of aryl methyl sites for hydroxylation is 1. The molecule has 11 heteroatoms. The second-order valence-corrected chi connectivity index (χ2v) is 7.52. The van der Waals surface area contributed by atoms with Gasteiger partial charge in [-0.1, -0.05) is 11.6 Å². The number of carboxylic acid groups (broad SMARTS) is 1. The third-order valence-corrected chi connectivity index (χ3v) is 4.97. The fraction of sp³-hybridized carbons (Fsp3) is 0.368. The Hall–Kier alpha value is -2.98. The molecule has 3 N–H and O–H groups in total. The van der Waals surface area contributed by atoms with Crippen LogP contribution in [0, 0.1) is 12.7 Å². The Bertz CT molecular complexity index is 1040. The van der Waals surface area contributed by atoms with E-state index in [2.05, 4.69) is 32.6 Å². The maximum atomic E-state index is 14.5. The second-order valence-electron chi connectivity index (χ2n) is 7.09. The molecule has 1 atom stereocenters. The van der Waals surface area contributed by atoms with E-state index in [0.29, 0.717) is 11.5 Å². The molecule has 0 radical (unpaired) electrons. The van der Waals surface area contributed by atoms with Crippen LogP contribution in [-0.4, -0.2) is 67.6 Å². The Kier molecular flexibility index (Phi) is 6.68. The number of likely N-dealkylation sites (N-methyl/N-ethyl adjacent to an activating group) is 1. The number of nitrogens with zero attached hydrogens (tertiary/aromatic N) is 5. The Morgan fingerprint density at radius 3 is 2.73 bits per heavy atom. The molecule has 160 valence electrons. The number of fused-ring (bicyclic) bond motifs is 1. The lowest BCUT2D eigenvalue weighted by Crippen LogP contribution is -2.40. The van der Waals surface area contributed by atoms with Crippen LogP contribution in [0.1, 0.15) is 18.5 Å². The van der Waals surface area contributed by atoms with Crippen LogP contribution >= 0.6 is 11.6 Å². The minimum Gasteiger partial charge on any atom is -0.507 e. The quantitative estimate of drug-likeness (QED) is 0.537. The zero-order chi connectivity index (χ0) is 21.8. The standard InChI is InChI=1S/C18H20ClFN6O.CH2O2/c1-10-6-14-17(16-13(20)7-11(19)8-15(16)27)22-23-18(26(14)24-10)21-12-4-3-5-25(2)9-12;2-1-3/h6-8,12,27H,3-5,9H2,1-2H3,(H,21,23);1H,(H,2,3)/t12-;/m1./s1. The number of phenolic OH excluding ortho intramolecular Hbond substituents is 1. The molecule has 3 aromatic rings. The van der Waals surface area contributed by atoms with E-state index in [1.807, 2.05) is 6.92 Å². The highest BCUT2D eigenvalue weighted by Gasteiger charge is 2.23. The predicted molar refractivity (Wildman–Crippen MR) is 110 cm³/mol. The summed E-state index contributed by atoms with van der Waals surface area (Å²) >= 11 is 5.81. The Morgan fingerprint density at radius 2 is 2.07 bits per heavy atom. The molecule has 0 aliphatic carbocycles. The summed E-state index contributed by atoms with van der Waals surface area (Å²) in [4.78, 5) is 10.6. The van der Waals surface area contributed by atoms with E-state index >= 15 is 0 Å². The highest BCUT2D eigenvalue weighted by molar-refractivity contribution is 6.30. The minimum absolute atomic E-state index is 0.0410. The third kappa shape index (κ3) is 4.60. The first-order valence-corrected chi connectivity index (χ1v) is 9.66. The van der Waals surface area contributed by atoms with E-state index in [4.69, 9.17) is 21.5 Å². The van der Waals surface area contributed by atoms with E-state index in [1.54, 1.807) is 10.6 Å². The predicted octanol–water partition coefficient (Wildman–Crippen LogP) is 2.80. The van der Waals surface area contributed by atoms with Crippen LogP contribution in [0.3, 0.4) is 0 Å². The molecule has 30 heavy (non-hydrogen) atoms. The fourth-order valence-corrected chi connectivity index (χ4v) is 3.75. The van der Waals surface area contributed by atoms with Gasteiger partial charge in [0.05, 0.1) is 16.8 Å². The van der Waals surface area contributed by atoms with Gasteiger partial charge in [-0.25, -0.2) is 4.39 Å². The summed E-state index contributed by atoms with van der Waals surface area (Å²) < 4.78 is 16.1. The number of aromatic nitrogens is 4. The number of nitrogens with one attached hydrogen (secondary N) is 1. The van der Waals surface area contributed by atoms with Crippen molar-refractivity contribution >= 4 is 29.5 Å². The van der Waals surface area contributed by atoms with Crippen LogP contribution in [0.4, 0.5) is 10.3 Å². The molecule has 3 heterocycles. The molecule has 0 unspecified atom stereocenters. The Labute approximate surface area is 177 Å². The molecule has 2 aromatic heterocycles. The van der Waals surface area contributed by atoms with Crippen LogP contribution in [0.15, 0.2) is 18.2 Å². The maximum Gasteiger partial charge on any atom is 0.290 e. The summed E-state index contributed by atoms with van der Waals surface area (Å²) in [6.45, 7) is 3.57. The highest BCUT2D eigenvalue weighted by Crippen LogP contribution is 2.36. The minimum atomic E-state index is -0.662. The summed E-state index contributed by atoms with van der Waals surface area (Å²) in [7, 11) is 2.09. The molecule has 4 rings (SSSR count). The lowest BCUT2D eigenvalue weighted by molar-refractivity contribution is -0.122. The molecule has 0 spiro atoms. The number of hydrogen-bond acceptors (Lipinski definition) is 7. The number of piperidine rings is 1. The van der Waals surface area contributed by atoms with Crippen LogP contribution < -0.4 is 5.32 Å². The highest BCUT2D eigenvalue weighted by atomic mass is 35.5. The van der Waals surface area contributed by atoms with E-state index in [9.17, 15) is 9.50 Å². The van der Waals surface area contributed by atoms with Crippen molar-refractivity contribution in [2.45, 2.75) is 25.8 Å². The van der Waals surface area contributed by atoms with Gasteiger partial charge < -0.3 is 20.4 Å². The van der Waals surface area contributed by atoms with Gasteiger partial charge in [0.2, 0.25) is 5.95 Å². The molecule has 1 aliphatic heterocycles. The SMILES string of the molecule is Cc1cc2c(-c3c(O)cc(Cl)cc3F)nnc(N[C@@H]3CCCN(C)C3)n2n1.O=CO. The largest absolute Gasteiger partial charge is 0.507 e. The van der Waals surface area contributed by atoms with Crippen LogP contribution in [-0.2, 0) is 4.79 Å². The van der Waals surface area contributed by atoms with Crippen molar-refractivity contribution in [2.24, 2.45) is 0 Å². The lowest BCUT2D eigenvalue weighted by atomic mass is 10.1. The van der Waals surface area contributed by atoms with Crippen molar-refractivity contribution < 1.29 is 19.4 Å². The molecule has 1 saturated heterocycles. The van der Waals surface area contributed by atoms with Crippen molar-refractivity contribution in [1.29, 1.82) is 0 Å². The molecule has 1 aliphatic rings. The molecule has 1 fully saturated rings. The van der Waals surface area contributed by atoms with E-state index < -0.39 is 5.82 Å². The van der Waals surface area contributed by atoms with Crippen LogP contribution in [0.2, 0.25) is 5.02 Å². The number of halogens is 2. The van der Waals surface area contributed by atoms with Gasteiger partial charge in [-0.3, -0.25) is 4.79 Å². The first-order chi connectivity index (χ1) is 14.3. The van der Waals surface area contributed by atoms with Crippen molar-refractivity contribution in [1.82, 2.24) is 24.7 Å². The normalized spacial score (nSPS) is 16.7. The first-order valence-electron chi connectivity index (χ1n) is 9.28. The molecule has 0 amide bonds. The smallest absolute Gasteiger partial charge is 0.290 e. The van der Waals surface area contributed by atoms with Gasteiger partial charge in [0.1, 0.15) is 17.3 Å². The second kappa shape index (κ2) is 9.23. The number of rotatable bonds is 3. The number of hydrogen-bond donors (Lipinski definition) is 3. The lowest BCUT2D eigenvalue weighted by Gasteiger charge is -2.30. The number of anilines is 1. The molecule has 1 aromatic carbocycles. The summed E-state index contributed by atoms with van der Waals surface area (Å²) in [6, 6.07) is 4.45. The van der Waals surface area contributed by atoms with Gasteiger partial charge in [-0.15, -0.1) is 10.2 Å². The summed E-state index contributed by atoms with van der Waals surface area (Å²) in [5, 5.41) is 33.5. The average Bonchev–Trinajstić information content (AvgIpc) is 3.05. The van der Waals surface area contributed by atoms with E-state index in [-0.39, 0.29) is 34.5 Å². The molecular formula is C19H22ClFN6O3. The van der Waals surface area contributed by atoms with Gasteiger partial charge in [0, 0.05) is 17.6 Å². The third-order valence-electron chi connectivity index (χ3n) is 4.75. The Morgan fingerprint density at radius 1 is 1.33 bits per heavy atom. The van der Waals surface area contributed by atoms with Gasteiger partial charge in [0.25, 0.3) is 6.47 Å². The zero-order valence-electron chi connectivity index (χ0n) is 16.5. The topological polar surface area (TPSA) is 116 Å². The number of carbonyl (C=O) groups is 1. The van der Waals surface area contributed by atoms with Gasteiger partial charge in [-0.05, 0) is 51.6 Å². The van der Waals surface area contributed by atoms with Crippen LogP contribution in [0.5, 0.6) is 5.75 Å². The van der Waals surface area contributed by atoms with Crippen molar-refractivity contribution in [3.05, 3.63) is 34.7 Å².